The van der Waals surface area contributed by atoms with E-state index in [0.717, 1.165) is 5.56 Å². The van der Waals surface area contributed by atoms with Gasteiger partial charge in [-0.1, -0.05) is 19.9 Å². The molecule has 0 saturated carbocycles. The summed E-state index contributed by atoms with van der Waals surface area (Å²) in [5.74, 6) is 0.235. The number of amides is 1. The van der Waals surface area contributed by atoms with Crippen LogP contribution in [0.3, 0.4) is 0 Å². The van der Waals surface area contributed by atoms with Crippen LogP contribution in [0.4, 0.5) is 11.4 Å². The average molecular weight is 250 g/mol. The summed E-state index contributed by atoms with van der Waals surface area (Å²) in [5, 5.41) is 2.76. The van der Waals surface area contributed by atoms with Crippen molar-refractivity contribution in [3.63, 3.8) is 0 Å². The molecule has 0 radical (unpaired) electrons. The highest BCUT2D eigenvalue weighted by Gasteiger charge is 2.10. The highest BCUT2D eigenvalue weighted by molar-refractivity contribution is 5.92. The summed E-state index contributed by atoms with van der Waals surface area (Å²) in [6, 6.07) is 5.46. The van der Waals surface area contributed by atoms with Crippen molar-refractivity contribution in [2.45, 2.75) is 33.8 Å². The summed E-state index contributed by atoms with van der Waals surface area (Å²) in [7, 11) is 0. The molecule has 0 spiro atoms. The van der Waals surface area contributed by atoms with Crippen LogP contribution in [0.2, 0.25) is 0 Å². The summed E-state index contributed by atoms with van der Waals surface area (Å²) in [5.41, 5.74) is 8.14. The molecule has 1 unspecified atom stereocenters. The normalized spacial score (nSPS) is 12.5. The molecule has 4 nitrogen and oxygen atoms in total. The van der Waals surface area contributed by atoms with Crippen LogP contribution in [0.25, 0.3) is 0 Å². The Morgan fingerprint density at radius 2 is 2.06 bits per heavy atom. The highest BCUT2D eigenvalue weighted by atomic mass is 16.5. The summed E-state index contributed by atoms with van der Waals surface area (Å²) in [6.07, 6.45) is 0.0684. The first-order valence-corrected chi connectivity index (χ1v) is 6.17. The Labute approximate surface area is 109 Å². The third-order valence-corrected chi connectivity index (χ3v) is 2.98. The molecule has 1 amide bonds. The molecule has 1 rings (SSSR count). The van der Waals surface area contributed by atoms with Crippen molar-refractivity contribution in [1.82, 2.24) is 0 Å². The molecule has 100 valence electrons. The third-order valence-electron chi connectivity index (χ3n) is 2.98. The first kappa shape index (κ1) is 14.5. The van der Waals surface area contributed by atoms with Gasteiger partial charge in [-0.3, -0.25) is 4.79 Å². The number of carbonyl (C=O) groups excluding carboxylic acids is 1. The number of rotatable bonds is 5. The molecule has 0 aliphatic heterocycles. The SMILES string of the molecule is Cc1ccc(NC(=O)COC(C)C(C)C)cc1N. The molecule has 18 heavy (non-hydrogen) atoms. The van der Waals surface area contributed by atoms with E-state index in [1.54, 1.807) is 6.07 Å². The Bertz CT molecular complexity index is 416. The van der Waals surface area contributed by atoms with E-state index in [-0.39, 0.29) is 18.6 Å². The smallest absolute Gasteiger partial charge is 0.250 e. The maximum absolute atomic E-state index is 11.7. The number of nitrogens with two attached hydrogens (primary N) is 1. The van der Waals surface area contributed by atoms with Gasteiger partial charge in [0.25, 0.3) is 0 Å². The van der Waals surface area contributed by atoms with Gasteiger partial charge in [-0.25, -0.2) is 0 Å². The lowest BCUT2D eigenvalue weighted by molar-refractivity contribution is -0.123. The van der Waals surface area contributed by atoms with Gasteiger partial charge in [-0.05, 0) is 37.5 Å². The number of carbonyl (C=O) groups is 1. The van der Waals surface area contributed by atoms with Crippen molar-refractivity contribution < 1.29 is 9.53 Å². The molecule has 3 N–H and O–H groups in total. The Morgan fingerprint density at radius 3 is 2.61 bits per heavy atom. The molecule has 0 saturated heterocycles. The number of nitrogens with one attached hydrogen (secondary N) is 1. The zero-order valence-electron chi connectivity index (χ0n) is 11.5. The van der Waals surface area contributed by atoms with Gasteiger partial charge in [0.2, 0.25) is 5.91 Å². The molecule has 0 fully saturated rings. The van der Waals surface area contributed by atoms with Crippen molar-refractivity contribution in [3.05, 3.63) is 23.8 Å². The van der Waals surface area contributed by atoms with Crippen LogP contribution in [0.5, 0.6) is 0 Å². The number of aryl methyl sites for hydroxylation is 1. The van der Waals surface area contributed by atoms with E-state index in [0.29, 0.717) is 17.3 Å². The largest absolute Gasteiger partial charge is 0.398 e. The Morgan fingerprint density at radius 1 is 1.39 bits per heavy atom. The van der Waals surface area contributed by atoms with Gasteiger partial charge < -0.3 is 15.8 Å². The molecule has 0 aliphatic rings. The number of anilines is 2. The van der Waals surface area contributed by atoms with Gasteiger partial charge in [0.1, 0.15) is 6.61 Å². The Kier molecular flexibility index (Phi) is 5.16. The lowest BCUT2D eigenvalue weighted by atomic mass is 10.1. The minimum Gasteiger partial charge on any atom is -0.398 e. The molecule has 1 atom stereocenters. The second-order valence-electron chi connectivity index (χ2n) is 4.88. The van der Waals surface area contributed by atoms with E-state index in [1.807, 2.05) is 26.0 Å². The fourth-order valence-electron chi connectivity index (χ4n) is 1.31. The quantitative estimate of drug-likeness (QED) is 0.789. The second-order valence-corrected chi connectivity index (χ2v) is 4.88. The van der Waals surface area contributed by atoms with E-state index >= 15 is 0 Å². The molecule has 1 aromatic rings. The number of hydrogen-bond donors (Lipinski definition) is 2. The number of benzene rings is 1. The highest BCUT2D eigenvalue weighted by Crippen LogP contribution is 2.16. The summed E-state index contributed by atoms with van der Waals surface area (Å²) >= 11 is 0. The number of hydrogen-bond acceptors (Lipinski definition) is 3. The fourth-order valence-corrected chi connectivity index (χ4v) is 1.31. The summed E-state index contributed by atoms with van der Waals surface area (Å²) in [4.78, 5) is 11.7. The Hall–Kier alpha value is -1.55. The molecule has 0 aromatic heterocycles. The van der Waals surface area contributed by atoms with Crippen LogP contribution in [0.15, 0.2) is 18.2 Å². The zero-order chi connectivity index (χ0) is 13.7. The maximum atomic E-state index is 11.7. The molecule has 1 aromatic carbocycles. The molecule has 0 bridgehead atoms. The molecule has 4 heteroatoms. The van der Waals surface area contributed by atoms with Crippen molar-refractivity contribution in [1.29, 1.82) is 0 Å². The van der Waals surface area contributed by atoms with Gasteiger partial charge >= 0.3 is 0 Å². The predicted molar refractivity (Wildman–Crippen MR) is 74.5 cm³/mol. The van der Waals surface area contributed by atoms with E-state index in [4.69, 9.17) is 10.5 Å². The van der Waals surface area contributed by atoms with Crippen molar-refractivity contribution in [3.8, 4) is 0 Å². The lowest BCUT2D eigenvalue weighted by Gasteiger charge is -2.16. The lowest BCUT2D eigenvalue weighted by Crippen LogP contribution is -2.24. The van der Waals surface area contributed by atoms with Crippen LogP contribution in [0.1, 0.15) is 26.3 Å². The Balaban J connectivity index is 2.47. The third kappa shape index (κ3) is 4.37. The molecule has 0 heterocycles. The minimum absolute atomic E-state index is 0.0626. The van der Waals surface area contributed by atoms with Crippen molar-refractivity contribution >= 4 is 17.3 Å². The zero-order valence-corrected chi connectivity index (χ0v) is 11.5. The molecule has 0 aliphatic carbocycles. The van der Waals surface area contributed by atoms with Crippen LogP contribution < -0.4 is 11.1 Å². The van der Waals surface area contributed by atoms with Crippen LogP contribution in [0, 0.1) is 12.8 Å². The maximum Gasteiger partial charge on any atom is 0.250 e. The van der Waals surface area contributed by atoms with Gasteiger partial charge in [0.15, 0.2) is 0 Å². The summed E-state index contributed by atoms with van der Waals surface area (Å²) < 4.78 is 5.45. The summed E-state index contributed by atoms with van der Waals surface area (Å²) in [6.45, 7) is 8.07. The average Bonchev–Trinajstić information content (AvgIpc) is 2.30. The van der Waals surface area contributed by atoms with Crippen LogP contribution >= 0.6 is 0 Å². The van der Waals surface area contributed by atoms with Gasteiger partial charge in [-0.2, -0.15) is 0 Å². The van der Waals surface area contributed by atoms with Gasteiger partial charge in [0, 0.05) is 11.4 Å². The number of nitrogen functional groups attached to an aromatic ring is 1. The van der Waals surface area contributed by atoms with Crippen molar-refractivity contribution in [2.75, 3.05) is 17.7 Å². The van der Waals surface area contributed by atoms with E-state index < -0.39 is 0 Å². The van der Waals surface area contributed by atoms with E-state index in [1.165, 1.54) is 0 Å². The minimum atomic E-state index is -0.161. The van der Waals surface area contributed by atoms with Crippen LogP contribution in [-0.4, -0.2) is 18.6 Å². The van der Waals surface area contributed by atoms with Crippen molar-refractivity contribution in [2.24, 2.45) is 5.92 Å². The fraction of sp³-hybridized carbons (Fsp3) is 0.500. The number of ether oxygens (including phenoxy) is 1. The second kappa shape index (κ2) is 6.40. The topological polar surface area (TPSA) is 64.3 Å². The predicted octanol–water partition coefficient (Wildman–Crippen LogP) is 2.58. The van der Waals surface area contributed by atoms with Gasteiger partial charge in [-0.15, -0.1) is 0 Å². The van der Waals surface area contributed by atoms with E-state index in [9.17, 15) is 4.79 Å². The van der Waals surface area contributed by atoms with Crippen LogP contribution in [-0.2, 0) is 9.53 Å². The monoisotopic (exact) mass is 250 g/mol. The van der Waals surface area contributed by atoms with Gasteiger partial charge in [0.05, 0.1) is 6.10 Å². The van der Waals surface area contributed by atoms with E-state index in [2.05, 4.69) is 19.2 Å². The first-order chi connectivity index (χ1) is 8.40. The first-order valence-electron chi connectivity index (χ1n) is 6.17. The molecular formula is C14H22N2O2. The molecular weight excluding hydrogens is 228 g/mol. The standard InChI is InChI=1S/C14H22N2O2/c1-9(2)11(4)18-8-14(17)16-12-6-5-10(3)13(15)7-12/h5-7,9,11H,8,15H2,1-4H3,(H,16,17).